The first-order valence-electron chi connectivity index (χ1n) is 9.29. The largest absolute Gasteiger partial charge is 0.442 e. The van der Waals surface area contributed by atoms with Gasteiger partial charge in [-0.1, -0.05) is 18.2 Å². The van der Waals surface area contributed by atoms with Gasteiger partial charge in [-0.05, 0) is 25.1 Å². The van der Waals surface area contributed by atoms with E-state index in [1.165, 1.54) is 6.07 Å². The lowest BCUT2D eigenvalue weighted by Gasteiger charge is -2.15. The minimum Gasteiger partial charge on any atom is -0.442 e. The van der Waals surface area contributed by atoms with Crippen LogP contribution < -0.4 is 17.2 Å². The molecule has 1 amide bonds. The molecule has 0 aliphatic carbocycles. The third kappa shape index (κ3) is 3.80. The monoisotopic (exact) mass is 422 g/mol. The lowest BCUT2D eigenvalue weighted by Crippen LogP contribution is -2.18. The lowest BCUT2D eigenvalue weighted by atomic mass is 10.1. The average molecular weight is 422 g/mol. The van der Waals surface area contributed by atoms with Crippen molar-refractivity contribution in [3.63, 3.8) is 0 Å². The van der Waals surface area contributed by atoms with Gasteiger partial charge in [-0.25, -0.2) is 28.8 Å². The standard InChI is InChI=1S/C20H19FN8O2/c1-10(31-20(24)30)14-16(22)26-18(27-17(14)23)15-12-6-4-8-25-19(12)29(28-15)9-11-5-2-3-7-13(11)21/h2-8,10H,9H2,1H3,(H2,24,30)(H4,22,23,26,27). The summed E-state index contributed by atoms with van der Waals surface area (Å²) in [6, 6.07) is 9.96. The van der Waals surface area contributed by atoms with E-state index in [4.69, 9.17) is 21.9 Å². The lowest BCUT2D eigenvalue weighted by molar-refractivity contribution is 0.117. The Morgan fingerprint density at radius 2 is 1.87 bits per heavy atom. The van der Waals surface area contributed by atoms with Gasteiger partial charge in [0.25, 0.3) is 0 Å². The van der Waals surface area contributed by atoms with Crippen LogP contribution >= 0.6 is 0 Å². The Morgan fingerprint density at radius 3 is 2.55 bits per heavy atom. The van der Waals surface area contributed by atoms with E-state index < -0.39 is 12.2 Å². The first kappa shape index (κ1) is 20.0. The number of nitrogens with two attached hydrogens (primary N) is 3. The van der Waals surface area contributed by atoms with E-state index in [0.29, 0.717) is 22.3 Å². The van der Waals surface area contributed by atoms with Crippen LogP contribution in [0.2, 0.25) is 0 Å². The number of fused-ring (bicyclic) bond motifs is 1. The number of benzene rings is 1. The molecule has 0 radical (unpaired) electrons. The minimum atomic E-state index is -0.973. The van der Waals surface area contributed by atoms with Crippen molar-refractivity contribution in [3.8, 4) is 11.5 Å². The molecule has 0 saturated carbocycles. The van der Waals surface area contributed by atoms with E-state index in [-0.39, 0.29) is 35.4 Å². The number of nitrogens with zero attached hydrogens (tertiary/aromatic N) is 5. The van der Waals surface area contributed by atoms with Crippen LogP contribution in [0.1, 0.15) is 24.2 Å². The summed E-state index contributed by atoms with van der Waals surface area (Å²) in [7, 11) is 0. The highest BCUT2D eigenvalue weighted by atomic mass is 19.1. The molecule has 1 aromatic carbocycles. The Morgan fingerprint density at radius 1 is 1.16 bits per heavy atom. The van der Waals surface area contributed by atoms with Crippen LogP contribution in [0.25, 0.3) is 22.6 Å². The quantitative estimate of drug-likeness (QED) is 0.442. The van der Waals surface area contributed by atoms with Gasteiger partial charge < -0.3 is 21.9 Å². The number of rotatable bonds is 5. The van der Waals surface area contributed by atoms with E-state index in [9.17, 15) is 9.18 Å². The molecule has 0 aliphatic rings. The molecular formula is C20H19FN8O2. The number of ether oxygens (including phenoxy) is 1. The first-order chi connectivity index (χ1) is 14.8. The average Bonchev–Trinajstić information content (AvgIpc) is 3.07. The molecule has 0 spiro atoms. The highest BCUT2D eigenvalue weighted by molar-refractivity contribution is 5.89. The molecule has 31 heavy (non-hydrogen) atoms. The van der Waals surface area contributed by atoms with E-state index in [2.05, 4.69) is 20.1 Å². The number of aromatic nitrogens is 5. The third-order valence-electron chi connectivity index (χ3n) is 4.70. The molecule has 0 saturated heterocycles. The summed E-state index contributed by atoms with van der Waals surface area (Å²) in [5.74, 6) is -0.134. The number of primary amides is 1. The van der Waals surface area contributed by atoms with Crippen molar-refractivity contribution in [1.29, 1.82) is 0 Å². The second kappa shape index (κ2) is 7.86. The Balaban J connectivity index is 1.80. The fraction of sp³-hybridized carbons (Fsp3) is 0.150. The molecule has 11 heteroatoms. The SMILES string of the molecule is CC(OC(N)=O)c1c(N)nc(-c2nn(Cc3ccccc3F)c3ncccc23)nc1N. The fourth-order valence-corrected chi connectivity index (χ4v) is 3.33. The molecule has 3 aromatic heterocycles. The Labute approximate surface area is 175 Å². The predicted molar refractivity (Wildman–Crippen MR) is 112 cm³/mol. The summed E-state index contributed by atoms with van der Waals surface area (Å²) in [5.41, 5.74) is 18.8. The normalized spacial score (nSPS) is 12.1. The van der Waals surface area contributed by atoms with E-state index >= 15 is 0 Å². The minimum absolute atomic E-state index is 0.0249. The van der Waals surface area contributed by atoms with Crippen LogP contribution in [0.5, 0.6) is 0 Å². The van der Waals surface area contributed by atoms with Gasteiger partial charge >= 0.3 is 6.09 Å². The van der Waals surface area contributed by atoms with Gasteiger partial charge in [0.1, 0.15) is 29.3 Å². The zero-order valence-corrected chi connectivity index (χ0v) is 16.5. The van der Waals surface area contributed by atoms with Gasteiger partial charge in [-0.3, -0.25) is 0 Å². The van der Waals surface area contributed by atoms with Crippen LogP contribution in [0.4, 0.5) is 20.8 Å². The summed E-state index contributed by atoms with van der Waals surface area (Å²) < 4.78 is 20.6. The maximum Gasteiger partial charge on any atom is 0.405 e. The van der Waals surface area contributed by atoms with Gasteiger partial charge in [-0.15, -0.1) is 0 Å². The topological polar surface area (TPSA) is 161 Å². The Bertz CT molecular complexity index is 1270. The van der Waals surface area contributed by atoms with E-state index in [0.717, 1.165) is 0 Å². The second-order valence-corrected chi connectivity index (χ2v) is 6.78. The van der Waals surface area contributed by atoms with Crippen molar-refractivity contribution in [3.05, 3.63) is 59.5 Å². The third-order valence-corrected chi connectivity index (χ3v) is 4.70. The highest BCUT2D eigenvalue weighted by Crippen LogP contribution is 2.31. The molecule has 0 fully saturated rings. The first-order valence-corrected chi connectivity index (χ1v) is 9.29. The number of nitrogen functional groups attached to an aromatic ring is 2. The van der Waals surface area contributed by atoms with Crippen LogP contribution in [0, 0.1) is 5.82 Å². The van der Waals surface area contributed by atoms with Gasteiger partial charge in [0.05, 0.1) is 17.5 Å². The number of carbonyl (C=O) groups is 1. The van der Waals surface area contributed by atoms with Crippen LogP contribution in [0.15, 0.2) is 42.6 Å². The van der Waals surface area contributed by atoms with Crippen LogP contribution in [-0.4, -0.2) is 30.8 Å². The number of halogens is 1. The molecule has 158 valence electrons. The Kier molecular flexibility index (Phi) is 5.07. The number of amides is 1. The molecular weight excluding hydrogens is 403 g/mol. The van der Waals surface area contributed by atoms with Crippen LogP contribution in [-0.2, 0) is 11.3 Å². The maximum atomic E-state index is 14.2. The number of carbonyl (C=O) groups excluding carboxylic acids is 1. The maximum absolute atomic E-state index is 14.2. The molecule has 4 aromatic rings. The van der Waals surface area contributed by atoms with Crippen molar-refractivity contribution in [2.45, 2.75) is 19.6 Å². The van der Waals surface area contributed by atoms with Crippen molar-refractivity contribution < 1.29 is 13.9 Å². The summed E-state index contributed by atoms with van der Waals surface area (Å²) in [6.07, 6.45) is -0.191. The molecule has 1 atom stereocenters. The van der Waals surface area contributed by atoms with Gasteiger partial charge in [-0.2, -0.15) is 5.10 Å². The summed E-state index contributed by atoms with van der Waals surface area (Å²) in [6.45, 7) is 1.71. The summed E-state index contributed by atoms with van der Waals surface area (Å²) in [5, 5.41) is 5.19. The smallest absolute Gasteiger partial charge is 0.405 e. The van der Waals surface area contributed by atoms with Gasteiger partial charge in [0, 0.05) is 11.8 Å². The molecule has 10 nitrogen and oxygen atoms in total. The van der Waals surface area contributed by atoms with Gasteiger partial charge in [0.15, 0.2) is 11.5 Å². The molecule has 0 bridgehead atoms. The number of hydrogen-bond donors (Lipinski definition) is 3. The van der Waals surface area contributed by atoms with E-state index in [1.54, 1.807) is 48.1 Å². The number of anilines is 2. The molecule has 4 rings (SSSR count). The van der Waals surface area contributed by atoms with Crippen molar-refractivity contribution in [2.75, 3.05) is 11.5 Å². The fourth-order valence-electron chi connectivity index (χ4n) is 3.33. The number of hydrogen-bond acceptors (Lipinski definition) is 8. The van der Waals surface area contributed by atoms with Crippen molar-refractivity contribution >= 4 is 28.8 Å². The zero-order valence-electron chi connectivity index (χ0n) is 16.5. The van der Waals surface area contributed by atoms with Crippen LogP contribution in [0.3, 0.4) is 0 Å². The van der Waals surface area contributed by atoms with Crippen molar-refractivity contribution in [1.82, 2.24) is 24.7 Å². The predicted octanol–water partition coefficient (Wildman–Crippen LogP) is 2.40. The van der Waals surface area contributed by atoms with Crippen molar-refractivity contribution in [2.24, 2.45) is 5.73 Å². The second-order valence-electron chi connectivity index (χ2n) is 6.78. The zero-order chi connectivity index (χ0) is 22.1. The Hall–Kier alpha value is -4.28. The highest BCUT2D eigenvalue weighted by Gasteiger charge is 2.23. The summed E-state index contributed by atoms with van der Waals surface area (Å²) >= 11 is 0. The molecule has 6 N–H and O–H groups in total. The molecule has 1 unspecified atom stereocenters. The molecule has 0 aliphatic heterocycles. The van der Waals surface area contributed by atoms with E-state index in [1.807, 2.05) is 0 Å². The number of pyridine rings is 1. The van der Waals surface area contributed by atoms with Gasteiger partial charge in [0.2, 0.25) is 0 Å². The summed E-state index contributed by atoms with van der Waals surface area (Å²) in [4.78, 5) is 24.0. The molecule has 3 heterocycles.